The second kappa shape index (κ2) is 6.81. The molecule has 1 amide bonds. The third kappa shape index (κ3) is 3.13. The minimum atomic E-state index is -0.396. The second-order valence-corrected chi connectivity index (χ2v) is 6.11. The number of ether oxygens (including phenoxy) is 1. The van der Waals surface area contributed by atoms with Crippen LogP contribution in [-0.2, 0) is 6.42 Å². The lowest BCUT2D eigenvalue weighted by molar-refractivity contribution is 0.00904. The lowest BCUT2D eigenvalue weighted by Crippen LogP contribution is -2.42. The van der Waals surface area contributed by atoms with Crippen LogP contribution in [0.2, 0.25) is 0 Å². The summed E-state index contributed by atoms with van der Waals surface area (Å²) in [6.07, 6.45) is 0.397. The first kappa shape index (κ1) is 15.5. The molecule has 0 radical (unpaired) electrons. The molecule has 0 aliphatic carbocycles. The number of carbonyl (C=O) groups is 1. The molecule has 3 aromatic carbocycles. The SMILES string of the molecule is O=C1c2ccccc2O[C@H](c2ccccc2)N1CCc1ccccc1. The fourth-order valence-electron chi connectivity index (χ4n) is 3.17. The Morgan fingerprint density at radius 1 is 0.800 bits per heavy atom. The lowest BCUT2D eigenvalue weighted by Gasteiger charge is -2.37. The maximum absolute atomic E-state index is 13.1. The van der Waals surface area contributed by atoms with Gasteiger partial charge in [-0.25, -0.2) is 0 Å². The molecule has 3 heteroatoms. The molecule has 0 saturated heterocycles. The molecule has 0 spiro atoms. The van der Waals surface area contributed by atoms with Crippen molar-refractivity contribution in [2.24, 2.45) is 0 Å². The predicted molar refractivity (Wildman–Crippen MR) is 97.4 cm³/mol. The number of nitrogens with zero attached hydrogens (tertiary/aromatic N) is 1. The number of amides is 1. The van der Waals surface area contributed by atoms with E-state index in [0.717, 1.165) is 12.0 Å². The van der Waals surface area contributed by atoms with E-state index in [0.29, 0.717) is 17.9 Å². The first-order valence-electron chi connectivity index (χ1n) is 8.48. The highest BCUT2D eigenvalue weighted by molar-refractivity contribution is 5.98. The molecule has 1 aliphatic rings. The molecule has 3 aromatic rings. The molecule has 25 heavy (non-hydrogen) atoms. The number of benzene rings is 3. The highest BCUT2D eigenvalue weighted by atomic mass is 16.5. The van der Waals surface area contributed by atoms with Crippen molar-refractivity contribution in [3.63, 3.8) is 0 Å². The van der Waals surface area contributed by atoms with Gasteiger partial charge in [-0.05, 0) is 24.1 Å². The standard InChI is InChI=1S/C22H19NO2/c24-21-19-13-7-8-14-20(19)25-22(18-11-5-2-6-12-18)23(21)16-15-17-9-3-1-4-10-17/h1-14,22H,15-16H2/t22-/m1/s1. The van der Waals surface area contributed by atoms with Crippen LogP contribution in [0.15, 0.2) is 84.9 Å². The zero-order valence-electron chi connectivity index (χ0n) is 13.8. The summed E-state index contributed by atoms with van der Waals surface area (Å²) in [5.41, 5.74) is 2.82. The average molecular weight is 329 g/mol. The summed E-state index contributed by atoms with van der Waals surface area (Å²) < 4.78 is 6.19. The van der Waals surface area contributed by atoms with E-state index in [-0.39, 0.29) is 5.91 Å². The molecular weight excluding hydrogens is 310 g/mol. The number of carbonyl (C=O) groups excluding carboxylic acids is 1. The Labute approximate surface area is 147 Å². The van der Waals surface area contributed by atoms with Crippen molar-refractivity contribution < 1.29 is 9.53 Å². The molecule has 3 nitrogen and oxygen atoms in total. The van der Waals surface area contributed by atoms with Crippen molar-refractivity contribution in [1.82, 2.24) is 4.90 Å². The summed E-state index contributed by atoms with van der Waals surface area (Å²) >= 11 is 0. The maximum atomic E-state index is 13.1. The Hall–Kier alpha value is -3.07. The van der Waals surface area contributed by atoms with Gasteiger partial charge in [0, 0.05) is 12.1 Å². The summed E-state index contributed by atoms with van der Waals surface area (Å²) in [6, 6.07) is 27.6. The van der Waals surface area contributed by atoms with E-state index in [1.807, 2.05) is 77.7 Å². The van der Waals surface area contributed by atoms with Gasteiger partial charge in [-0.1, -0.05) is 72.8 Å². The van der Waals surface area contributed by atoms with Crippen LogP contribution in [0.4, 0.5) is 0 Å². The molecule has 1 atom stereocenters. The van der Waals surface area contributed by atoms with Crippen molar-refractivity contribution in [2.45, 2.75) is 12.6 Å². The van der Waals surface area contributed by atoms with Crippen molar-refractivity contribution in [3.05, 3.63) is 102 Å². The van der Waals surface area contributed by atoms with Crippen LogP contribution >= 0.6 is 0 Å². The van der Waals surface area contributed by atoms with Gasteiger partial charge in [0.25, 0.3) is 5.91 Å². The molecule has 0 saturated carbocycles. The van der Waals surface area contributed by atoms with Crippen LogP contribution in [0, 0.1) is 0 Å². The molecule has 0 bridgehead atoms. The fraction of sp³-hybridized carbons (Fsp3) is 0.136. The van der Waals surface area contributed by atoms with Gasteiger partial charge in [0.2, 0.25) is 6.23 Å². The second-order valence-electron chi connectivity index (χ2n) is 6.11. The number of fused-ring (bicyclic) bond motifs is 1. The Morgan fingerprint density at radius 3 is 2.20 bits per heavy atom. The number of para-hydroxylation sites is 1. The lowest BCUT2D eigenvalue weighted by atomic mass is 10.1. The minimum absolute atomic E-state index is 0.0200. The van der Waals surface area contributed by atoms with Gasteiger partial charge >= 0.3 is 0 Å². The van der Waals surface area contributed by atoms with Crippen LogP contribution in [0.5, 0.6) is 5.75 Å². The Balaban J connectivity index is 1.66. The van der Waals surface area contributed by atoms with Gasteiger partial charge in [-0.15, -0.1) is 0 Å². The number of rotatable bonds is 4. The van der Waals surface area contributed by atoms with Gasteiger partial charge in [0.05, 0.1) is 5.56 Å². The number of hydrogen-bond acceptors (Lipinski definition) is 2. The first-order valence-corrected chi connectivity index (χ1v) is 8.48. The average Bonchev–Trinajstić information content (AvgIpc) is 2.69. The van der Waals surface area contributed by atoms with Gasteiger partial charge in [-0.3, -0.25) is 9.69 Å². The van der Waals surface area contributed by atoms with Crippen molar-refractivity contribution in [2.75, 3.05) is 6.54 Å². The smallest absolute Gasteiger partial charge is 0.260 e. The summed E-state index contributed by atoms with van der Waals surface area (Å²) in [5.74, 6) is 0.670. The quantitative estimate of drug-likeness (QED) is 0.707. The minimum Gasteiger partial charge on any atom is -0.465 e. The van der Waals surface area contributed by atoms with E-state index in [9.17, 15) is 4.79 Å². The molecule has 0 aromatic heterocycles. The maximum Gasteiger partial charge on any atom is 0.260 e. The van der Waals surface area contributed by atoms with Crippen LogP contribution in [0.25, 0.3) is 0 Å². The molecule has 0 fully saturated rings. The van der Waals surface area contributed by atoms with E-state index in [4.69, 9.17) is 4.74 Å². The predicted octanol–water partition coefficient (Wildman–Crippen LogP) is 4.46. The van der Waals surface area contributed by atoms with E-state index in [2.05, 4.69) is 12.1 Å². The summed E-state index contributed by atoms with van der Waals surface area (Å²) in [4.78, 5) is 14.9. The molecule has 0 unspecified atom stereocenters. The topological polar surface area (TPSA) is 29.5 Å². The zero-order chi connectivity index (χ0) is 17.1. The van der Waals surface area contributed by atoms with E-state index in [1.165, 1.54) is 5.56 Å². The largest absolute Gasteiger partial charge is 0.465 e. The van der Waals surface area contributed by atoms with Gasteiger partial charge in [0.1, 0.15) is 5.75 Å². The van der Waals surface area contributed by atoms with Gasteiger partial charge in [-0.2, -0.15) is 0 Å². The molecule has 0 N–H and O–H groups in total. The third-order valence-electron chi connectivity index (χ3n) is 4.47. The van der Waals surface area contributed by atoms with Crippen LogP contribution in [0.1, 0.15) is 27.7 Å². The van der Waals surface area contributed by atoms with Crippen molar-refractivity contribution in [3.8, 4) is 5.75 Å². The summed E-state index contributed by atoms with van der Waals surface area (Å²) in [5, 5.41) is 0. The first-order chi connectivity index (χ1) is 12.3. The Kier molecular flexibility index (Phi) is 4.21. The molecular formula is C22H19NO2. The molecule has 1 aliphatic heterocycles. The highest BCUT2D eigenvalue weighted by Crippen LogP contribution is 2.35. The van der Waals surface area contributed by atoms with Crippen LogP contribution in [0.3, 0.4) is 0 Å². The van der Waals surface area contributed by atoms with Crippen molar-refractivity contribution in [1.29, 1.82) is 0 Å². The summed E-state index contributed by atoms with van der Waals surface area (Å²) in [7, 11) is 0. The van der Waals surface area contributed by atoms with Gasteiger partial charge in [0.15, 0.2) is 0 Å². The van der Waals surface area contributed by atoms with E-state index >= 15 is 0 Å². The van der Waals surface area contributed by atoms with E-state index in [1.54, 1.807) is 0 Å². The van der Waals surface area contributed by atoms with Crippen LogP contribution in [-0.4, -0.2) is 17.4 Å². The Morgan fingerprint density at radius 2 is 1.44 bits per heavy atom. The van der Waals surface area contributed by atoms with Gasteiger partial charge < -0.3 is 4.74 Å². The fourth-order valence-corrected chi connectivity index (χ4v) is 3.17. The molecule has 4 rings (SSSR count). The number of hydrogen-bond donors (Lipinski definition) is 0. The van der Waals surface area contributed by atoms with Crippen LogP contribution < -0.4 is 4.74 Å². The molecule has 1 heterocycles. The summed E-state index contributed by atoms with van der Waals surface area (Å²) in [6.45, 7) is 0.608. The Bertz CT molecular complexity index is 861. The third-order valence-corrected chi connectivity index (χ3v) is 4.47. The monoisotopic (exact) mass is 329 g/mol. The highest BCUT2D eigenvalue weighted by Gasteiger charge is 2.34. The normalized spacial score (nSPS) is 16.2. The zero-order valence-corrected chi connectivity index (χ0v) is 13.8. The molecule has 124 valence electrons. The van der Waals surface area contributed by atoms with Crippen molar-refractivity contribution >= 4 is 5.91 Å². The van der Waals surface area contributed by atoms with E-state index < -0.39 is 6.23 Å².